The van der Waals surface area contributed by atoms with Gasteiger partial charge in [-0.15, -0.1) is 0 Å². The highest BCUT2D eigenvalue weighted by molar-refractivity contribution is 7.92. The third-order valence-corrected chi connectivity index (χ3v) is 5.87. The van der Waals surface area contributed by atoms with Crippen LogP contribution in [0.15, 0.2) is 47.4 Å². The Morgan fingerprint density at radius 1 is 1.11 bits per heavy atom. The monoisotopic (exact) mass is 410 g/mol. The SMILES string of the molecule is CCC(CC)NC(=O)c1ccc(NS(=O)(=O)c2ccc(OC)cc2)cc1Cl. The van der Waals surface area contributed by atoms with Gasteiger partial charge in [0, 0.05) is 6.04 Å². The van der Waals surface area contributed by atoms with Gasteiger partial charge in [-0.3, -0.25) is 9.52 Å². The van der Waals surface area contributed by atoms with E-state index in [1.54, 1.807) is 12.1 Å². The fraction of sp³-hybridized carbons (Fsp3) is 0.316. The summed E-state index contributed by atoms with van der Waals surface area (Å²) in [5.41, 5.74) is 0.575. The predicted octanol–water partition coefficient (Wildman–Crippen LogP) is 4.07. The Balaban J connectivity index is 2.18. The molecule has 0 radical (unpaired) electrons. The molecule has 0 spiro atoms. The zero-order chi connectivity index (χ0) is 20.0. The second kappa shape index (κ2) is 9.10. The molecule has 0 saturated carbocycles. The highest BCUT2D eigenvalue weighted by Gasteiger charge is 2.17. The van der Waals surface area contributed by atoms with Crippen molar-refractivity contribution in [3.05, 3.63) is 53.1 Å². The van der Waals surface area contributed by atoms with Crippen LogP contribution in [0, 0.1) is 0 Å². The maximum atomic E-state index is 12.5. The Morgan fingerprint density at radius 2 is 1.74 bits per heavy atom. The van der Waals surface area contributed by atoms with Crippen molar-refractivity contribution in [2.75, 3.05) is 11.8 Å². The van der Waals surface area contributed by atoms with E-state index in [2.05, 4.69) is 10.0 Å². The lowest BCUT2D eigenvalue weighted by molar-refractivity contribution is 0.0935. The summed E-state index contributed by atoms with van der Waals surface area (Å²) in [4.78, 5) is 12.4. The van der Waals surface area contributed by atoms with Gasteiger partial charge in [0.2, 0.25) is 0 Å². The third-order valence-electron chi connectivity index (χ3n) is 4.16. The maximum absolute atomic E-state index is 12.5. The van der Waals surface area contributed by atoms with E-state index < -0.39 is 10.0 Å². The minimum absolute atomic E-state index is 0.0711. The molecule has 0 atom stereocenters. The number of sulfonamides is 1. The third kappa shape index (κ3) is 5.37. The van der Waals surface area contributed by atoms with Crippen LogP contribution < -0.4 is 14.8 Å². The van der Waals surface area contributed by atoms with Crippen molar-refractivity contribution in [1.29, 1.82) is 0 Å². The van der Waals surface area contributed by atoms with E-state index in [1.807, 2.05) is 13.8 Å². The van der Waals surface area contributed by atoms with Crippen LogP contribution >= 0.6 is 11.6 Å². The van der Waals surface area contributed by atoms with Gasteiger partial charge in [0.05, 0.1) is 28.3 Å². The summed E-state index contributed by atoms with van der Waals surface area (Å²) < 4.78 is 32.4. The van der Waals surface area contributed by atoms with Crippen molar-refractivity contribution in [2.45, 2.75) is 37.6 Å². The molecule has 8 heteroatoms. The first-order valence-electron chi connectivity index (χ1n) is 8.58. The second-order valence-corrected chi connectivity index (χ2v) is 8.05. The van der Waals surface area contributed by atoms with Crippen LogP contribution in [-0.4, -0.2) is 27.5 Å². The molecule has 0 saturated heterocycles. The predicted molar refractivity (Wildman–Crippen MR) is 107 cm³/mol. The first-order valence-corrected chi connectivity index (χ1v) is 10.4. The molecule has 0 heterocycles. The van der Waals surface area contributed by atoms with Gasteiger partial charge in [0.25, 0.3) is 15.9 Å². The molecule has 0 aromatic heterocycles. The van der Waals surface area contributed by atoms with Crippen LogP contribution in [0.1, 0.15) is 37.0 Å². The Morgan fingerprint density at radius 3 is 2.26 bits per heavy atom. The van der Waals surface area contributed by atoms with Gasteiger partial charge >= 0.3 is 0 Å². The second-order valence-electron chi connectivity index (χ2n) is 5.96. The number of carbonyl (C=O) groups is 1. The molecule has 0 fully saturated rings. The molecule has 2 aromatic rings. The number of halogens is 1. The number of anilines is 1. The lowest BCUT2D eigenvalue weighted by Crippen LogP contribution is -2.33. The van der Waals surface area contributed by atoms with Crippen molar-refractivity contribution in [1.82, 2.24) is 5.32 Å². The fourth-order valence-electron chi connectivity index (χ4n) is 2.49. The molecule has 146 valence electrons. The van der Waals surface area contributed by atoms with E-state index in [4.69, 9.17) is 16.3 Å². The summed E-state index contributed by atoms with van der Waals surface area (Å²) in [5, 5.41) is 3.08. The molecule has 2 rings (SSSR count). The number of carbonyl (C=O) groups excluding carboxylic acids is 1. The van der Waals surface area contributed by atoms with E-state index in [0.29, 0.717) is 11.3 Å². The van der Waals surface area contributed by atoms with Crippen molar-refractivity contribution >= 4 is 33.2 Å². The Hall–Kier alpha value is -2.25. The number of hydrogen-bond donors (Lipinski definition) is 2. The fourth-order valence-corrected chi connectivity index (χ4v) is 3.80. The Labute approximate surface area is 164 Å². The number of hydrogen-bond acceptors (Lipinski definition) is 4. The minimum atomic E-state index is -3.78. The van der Waals surface area contributed by atoms with E-state index >= 15 is 0 Å². The largest absolute Gasteiger partial charge is 0.497 e. The first-order chi connectivity index (χ1) is 12.8. The van der Waals surface area contributed by atoms with Crippen LogP contribution in [0.2, 0.25) is 5.02 Å². The van der Waals surface area contributed by atoms with Crippen molar-refractivity contribution in [3.8, 4) is 5.75 Å². The van der Waals surface area contributed by atoms with E-state index in [1.165, 1.54) is 37.4 Å². The number of ether oxygens (including phenoxy) is 1. The normalized spacial score (nSPS) is 11.3. The molecule has 2 aromatic carbocycles. The quantitative estimate of drug-likeness (QED) is 0.687. The molecule has 1 amide bonds. The molecule has 0 bridgehead atoms. The Kier molecular flexibility index (Phi) is 7.10. The molecule has 27 heavy (non-hydrogen) atoms. The smallest absolute Gasteiger partial charge is 0.261 e. The number of rotatable bonds is 8. The number of amides is 1. The van der Waals surface area contributed by atoms with Gasteiger partial charge in [0.15, 0.2) is 0 Å². The molecule has 0 aliphatic carbocycles. The van der Waals surface area contributed by atoms with Gasteiger partial charge in [-0.25, -0.2) is 8.42 Å². The minimum Gasteiger partial charge on any atom is -0.497 e. The molecule has 6 nitrogen and oxygen atoms in total. The van der Waals surface area contributed by atoms with Gasteiger partial charge in [-0.05, 0) is 55.3 Å². The van der Waals surface area contributed by atoms with E-state index in [-0.39, 0.29) is 27.6 Å². The van der Waals surface area contributed by atoms with Gasteiger partial charge in [-0.2, -0.15) is 0 Å². The van der Waals surface area contributed by atoms with Crippen molar-refractivity contribution in [2.24, 2.45) is 0 Å². The van der Waals surface area contributed by atoms with Crippen molar-refractivity contribution < 1.29 is 17.9 Å². The summed E-state index contributed by atoms with van der Waals surface area (Å²) in [6.07, 6.45) is 1.64. The van der Waals surface area contributed by atoms with E-state index in [0.717, 1.165) is 12.8 Å². The maximum Gasteiger partial charge on any atom is 0.261 e. The lowest BCUT2D eigenvalue weighted by atomic mass is 10.1. The molecule has 2 N–H and O–H groups in total. The Bertz CT molecular complexity index is 894. The molecule has 0 aliphatic heterocycles. The topological polar surface area (TPSA) is 84.5 Å². The molecule has 0 unspecified atom stereocenters. The average molecular weight is 411 g/mol. The summed E-state index contributed by atoms with van der Waals surface area (Å²) in [6.45, 7) is 3.99. The van der Waals surface area contributed by atoms with Crippen LogP contribution in [0.3, 0.4) is 0 Å². The summed E-state index contributed by atoms with van der Waals surface area (Å²) in [6, 6.07) is 10.5. The van der Waals surface area contributed by atoms with Gasteiger partial charge in [-0.1, -0.05) is 25.4 Å². The molecular formula is C19H23ClN2O4S. The first kappa shape index (κ1) is 21.1. The lowest BCUT2D eigenvalue weighted by Gasteiger charge is -2.16. The van der Waals surface area contributed by atoms with Crippen LogP contribution in [0.25, 0.3) is 0 Å². The molecule has 0 aliphatic rings. The number of nitrogens with one attached hydrogen (secondary N) is 2. The van der Waals surface area contributed by atoms with Crippen LogP contribution in [0.4, 0.5) is 5.69 Å². The van der Waals surface area contributed by atoms with Gasteiger partial charge < -0.3 is 10.1 Å². The number of benzene rings is 2. The standard InChI is InChI=1S/C19H23ClN2O4S/c1-4-13(5-2)21-19(23)17-11-6-14(12-18(17)20)22-27(24,25)16-9-7-15(26-3)8-10-16/h6-13,22H,4-5H2,1-3H3,(H,21,23). The summed E-state index contributed by atoms with van der Waals surface area (Å²) in [7, 11) is -2.28. The summed E-state index contributed by atoms with van der Waals surface area (Å²) >= 11 is 6.20. The van der Waals surface area contributed by atoms with Gasteiger partial charge in [0.1, 0.15) is 5.75 Å². The highest BCUT2D eigenvalue weighted by Crippen LogP contribution is 2.24. The number of methoxy groups -OCH3 is 1. The van der Waals surface area contributed by atoms with Crippen LogP contribution in [0.5, 0.6) is 5.75 Å². The van der Waals surface area contributed by atoms with E-state index in [9.17, 15) is 13.2 Å². The zero-order valence-corrected chi connectivity index (χ0v) is 17.0. The zero-order valence-electron chi connectivity index (χ0n) is 15.5. The molecular weight excluding hydrogens is 388 g/mol. The summed E-state index contributed by atoms with van der Waals surface area (Å²) in [5.74, 6) is 0.281. The average Bonchev–Trinajstić information content (AvgIpc) is 2.65. The van der Waals surface area contributed by atoms with Crippen molar-refractivity contribution in [3.63, 3.8) is 0 Å². The van der Waals surface area contributed by atoms with Crippen LogP contribution in [-0.2, 0) is 10.0 Å². The highest BCUT2D eigenvalue weighted by atomic mass is 35.5.